The zero-order valence-corrected chi connectivity index (χ0v) is 16.7. The number of amides is 1. The third-order valence-electron chi connectivity index (χ3n) is 3.97. The molecular formula is C23H21ClN2O3. The predicted molar refractivity (Wildman–Crippen MR) is 114 cm³/mol. The van der Waals surface area contributed by atoms with Gasteiger partial charge in [0.05, 0.1) is 6.21 Å². The normalized spacial score (nSPS) is 11.8. The molecular weight excluding hydrogens is 388 g/mol. The molecule has 0 aliphatic heterocycles. The van der Waals surface area contributed by atoms with Crippen molar-refractivity contribution in [3.8, 4) is 11.5 Å². The number of carbonyl (C=O) groups is 1. The lowest BCUT2D eigenvalue weighted by molar-refractivity contribution is -0.127. The van der Waals surface area contributed by atoms with E-state index in [1.165, 1.54) is 0 Å². The minimum atomic E-state index is -0.717. The minimum absolute atomic E-state index is 0.363. The Balaban J connectivity index is 1.51. The molecule has 3 aromatic carbocycles. The van der Waals surface area contributed by atoms with E-state index < -0.39 is 6.10 Å². The zero-order chi connectivity index (χ0) is 20.5. The summed E-state index contributed by atoms with van der Waals surface area (Å²) in [6.07, 6.45) is 0.838. The smallest absolute Gasteiger partial charge is 0.280 e. The Morgan fingerprint density at radius 1 is 1.03 bits per heavy atom. The van der Waals surface area contributed by atoms with Crippen LogP contribution in [0.1, 0.15) is 18.1 Å². The van der Waals surface area contributed by atoms with Gasteiger partial charge < -0.3 is 9.47 Å². The van der Waals surface area contributed by atoms with Crippen LogP contribution >= 0.6 is 11.6 Å². The minimum Gasteiger partial charge on any atom is -0.489 e. The number of nitrogens with zero attached hydrogens (tertiary/aromatic N) is 1. The standard InChI is InChI=1S/C23H21ClN2O3/c1-17(29-22-12-6-10-20(24)14-22)23(27)26-25-15-19-9-5-11-21(13-19)28-16-18-7-3-2-4-8-18/h2-15,17H,16H2,1H3,(H,26,27)/b25-15-/t17-/m0/s1. The van der Waals surface area contributed by atoms with Gasteiger partial charge in [-0.1, -0.05) is 60.1 Å². The van der Waals surface area contributed by atoms with Crippen molar-refractivity contribution in [3.05, 3.63) is 95.0 Å². The summed E-state index contributed by atoms with van der Waals surface area (Å²) in [5.74, 6) is 0.881. The number of hydrogen-bond donors (Lipinski definition) is 1. The first-order chi connectivity index (χ1) is 14.1. The predicted octanol–water partition coefficient (Wildman–Crippen LogP) is 4.84. The molecule has 1 atom stereocenters. The first-order valence-electron chi connectivity index (χ1n) is 9.12. The fraction of sp³-hybridized carbons (Fsp3) is 0.130. The molecule has 1 amide bonds. The number of benzene rings is 3. The van der Waals surface area contributed by atoms with Crippen LogP contribution in [0, 0.1) is 0 Å². The molecule has 0 radical (unpaired) electrons. The van der Waals surface area contributed by atoms with Gasteiger partial charge in [-0.25, -0.2) is 5.43 Å². The highest BCUT2D eigenvalue weighted by molar-refractivity contribution is 6.30. The maximum Gasteiger partial charge on any atom is 0.280 e. The fourth-order valence-corrected chi connectivity index (χ4v) is 2.67. The SMILES string of the molecule is C[C@H](Oc1cccc(Cl)c1)C(=O)N/N=C\c1cccc(OCc2ccccc2)c1. The first-order valence-corrected chi connectivity index (χ1v) is 9.50. The van der Waals surface area contributed by atoms with Crippen molar-refractivity contribution in [2.75, 3.05) is 0 Å². The number of ether oxygens (including phenoxy) is 2. The zero-order valence-electron chi connectivity index (χ0n) is 15.9. The molecule has 0 bridgehead atoms. The number of halogens is 1. The van der Waals surface area contributed by atoms with E-state index in [9.17, 15) is 4.79 Å². The average Bonchev–Trinajstić information content (AvgIpc) is 2.73. The van der Waals surface area contributed by atoms with Crippen LogP contribution < -0.4 is 14.9 Å². The Labute approximate surface area is 174 Å². The third-order valence-corrected chi connectivity index (χ3v) is 4.21. The summed E-state index contributed by atoms with van der Waals surface area (Å²) in [5, 5.41) is 4.54. The molecule has 5 nitrogen and oxygen atoms in total. The van der Waals surface area contributed by atoms with Gasteiger partial charge in [-0.3, -0.25) is 4.79 Å². The van der Waals surface area contributed by atoms with Crippen molar-refractivity contribution in [3.63, 3.8) is 0 Å². The Morgan fingerprint density at radius 2 is 1.79 bits per heavy atom. The lowest BCUT2D eigenvalue weighted by atomic mass is 10.2. The molecule has 3 aromatic rings. The van der Waals surface area contributed by atoms with Gasteiger partial charge in [0, 0.05) is 5.02 Å². The van der Waals surface area contributed by atoms with Crippen molar-refractivity contribution in [2.24, 2.45) is 5.10 Å². The quantitative estimate of drug-likeness (QED) is 0.428. The first kappa shape index (κ1) is 20.4. The van der Waals surface area contributed by atoms with Gasteiger partial charge in [0.25, 0.3) is 5.91 Å². The van der Waals surface area contributed by atoms with E-state index >= 15 is 0 Å². The molecule has 0 aliphatic carbocycles. The highest BCUT2D eigenvalue weighted by Gasteiger charge is 2.13. The number of hydrazone groups is 1. The van der Waals surface area contributed by atoms with Crippen molar-refractivity contribution in [1.29, 1.82) is 0 Å². The topological polar surface area (TPSA) is 59.9 Å². The van der Waals surface area contributed by atoms with E-state index in [1.807, 2.05) is 54.6 Å². The van der Waals surface area contributed by atoms with Gasteiger partial charge in [0.15, 0.2) is 6.10 Å². The summed E-state index contributed by atoms with van der Waals surface area (Å²) in [6.45, 7) is 2.13. The van der Waals surface area contributed by atoms with Gasteiger partial charge in [0.2, 0.25) is 0 Å². The number of rotatable bonds is 8. The van der Waals surface area contributed by atoms with Crippen molar-refractivity contribution < 1.29 is 14.3 Å². The van der Waals surface area contributed by atoms with Crippen LogP contribution in [0.3, 0.4) is 0 Å². The lowest BCUT2D eigenvalue weighted by Crippen LogP contribution is -2.33. The summed E-state index contributed by atoms with van der Waals surface area (Å²) in [4.78, 5) is 12.1. The number of hydrogen-bond acceptors (Lipinski definition) is 4. The van der Waals surface area contributed by atoms with E-state index in [1.54, 1.807) is 37.4 Å². The van der Waals surface area contributed by atoms with Crippen LogP contribution in [-0.2, 0) is 11.4 Å². The summed E-state index contributed by atoms with van der Waals surface area (Å²) in [7, 11) is 0. The molecule has 0 aromatic heterocycles. The molecule has 0 fully saturated rings. The van der Waals surface area contributed by atoms with Crippen molar-refractivity contribution >= 4 is 23.7 Å². The highest BCUT2D eigenvalue weighted by atomic mass is 35.5. The molecule has 6 heteroatoms. The fourth-order valence-electron chi connectivity index (χ4n) is 2.48. The van der Waals surface area contributed by atoms with E-state index in [2.05, 4.69) is 10.5 Å². The molecule has 3 rings (SSSR count). The monoisotopic (exact) mass is 408 g/mol. The van der Waals surface area contributed by atoms with E-state index in [0.29, 0.717) is 17.4 Å². The van der Waals surface area contributed by atoms with Crippen LogP contribution in [0.25, 0.3) is 0 Å². The molecule has 0 unspecified atom stereocenters. The maximum atomic E-state index is 12.1. The molecule has 148 valence electrons. The van der Waals surface area contributed by atoms with Crippen LogP contribution in [0.15, 0.2) is 84.0 Å². The summed E-state index contributed by atoms with van der Waals surface area (Å²) in [5.41, 5.74) is 4.37. The summed E-state index contributed by atoms with van der Waals surface area (Å²) >= 11 is 5.91. The molecule has 0 heterocycles. The Morgan fingerprint density at radius 3 is 2.59 bits per heavy atom. The molecule has 29 heavy (non-hydrogen) atoms. The molecule has 1 N–H and O–H groups in total. The second kappa shape index (κ2) is 10.3. The van der Waals surface area contributed by atoms with Gasteiger partial charge in [-0.15, -0.1) is 0 Å². The van der Waals surface area contributed by atoms with E-state index in [4.69, 9.17) is 21.1 Å². The van der Waals surface area contributed by atoms with E-state index in [0.717, 1.165) is 16.9 Å². The number of nitrogens with one attached hydrogen (secondary N) is 1. The third kappa shape index (κ3) is 6.66. The second-order valence-corrected chi connectivity index (χ2v) is 6.73. The number of carbonyl (C=O) groups excluding carboxylic acids is 1. The molecule has 0 spiro atoms. The molecule has 0 saturated heterocycles. The van der Waals surface area contributed by atoms with Gasteiger partial charge in [-0.05, 0) is 48.4 Å². The summed E-state index contributed by atoms with van der Waals surface area (Å²) < 4.78 is 11.4. The Bertz CT molecular complexity index is 977. The van der Waals surface area contributed by atoms with E-state index in [-0.39, 0.29) is 5.91 Å². The highest BCUT2D eigenvalue weighted by Crippen LogP contribution is 2.18. The molecule has 0 aliphatic rings. The van der Waals surface area contributed by atoms with Gasteiger partial charge >= 0.3 is 0 Å². The van der Waals surface area contributed by atoms with Crippen molar-refractivity contribution in [2.45, 2.75) is 19.6 Å². The van der Waals surface area contributed by atoms with Gasteiger partial charge in [0.1, 0.15) is 18.1 Å². The molecule has 0 saturated carbocycles. The van der Waals surface area contributed by atoms with Crippen LogP contribution in [0.2, 0.25) is 5.02 Å². The van der Waals surface area contributed by atoms with Gasteiger partial charge in [-0.2, -0.15) is 5.10 Å². The maximum absolute atomic E-state index is 12.1. The van der Waals surface area contributed by atoms with Crippen molar-refractivity contribution in [1.82, 2.24) is 5.43 Å². The Kier molecular flexibility index (Phi) is 7.25. The summed E-state index contributed by atoms with van der Waals surface area (Å²) in [6, 6.07) is 24.3. The van der Waals surface area contributed by atoms with Crippen LogP contribution in [-0.4, -0.2) is 18.2 Å². The Hall–Kier alpha value is -3.31. The average molecular weight is 409 g/mol. The van der Waals surface area contributed by atoms with Crippen LogP contribution in [0.4, 0.5) is 0 Å². The van der Waals surface area contributed by atoms with Crippen LogP contribution in [0.5, 0.6) is 11.5 Å². The largest absolute Gasteiger partial charge is 0.489 e. The lowest BCUT2D eigenvalue weighted by Gasteiger charge is -2.13. The second-order valence-electron chi connectivity index (χ2n) is 6.30.